The van der Waals surface area contributed by atoms with Crippen LogP contribution in [0.15, 0.2) is 0 Å². The van der Waals surface area contributed by atoms with E-state index in [0.29, 0.717) is 64.2 Å². The van der Waals surface area contributed by atoms with E-state index in [4.69, 9.17) is 30.4 Å². The molecule has 0 aliphatic carbocycles. The number of carbonyl (C=O) groups is 6. The van der Waals surface area contributed by atoms with Crippen LogP contribution in [0.2, 0.25) is 0 Å². The third-order valence-electron chi connectivity index (χ3n) is 9.99. The Hall–Kier alpha value is -3.27. The summed E-state index contributed by atoms with van der Waals surface area (Å²) in [6.45, 7) is 27.0. The van der Waals surface area contributed by atoms with E-state index < -0.39 is 60.1 Å². The number of hydrogen-bond donors (Lipinski definition) is 6. The van der Waals surface area contributed by atoms with E-state index in [-0.39, 0.29) is 30.6 Å². The summed E-state index contributed by atoms with van der Waals surface area (Å²) in [4.78, 5) is 71.0. The number of unbranched alkanes of at least 4 members (excludes halogenated alkanes) is 16. The third-order valence-corrected chi connectivity index (χ3v) is 12.5. The smallest absolute Gasteiger partial charge is 0.405 e. The third kappa shape index (κ3) is 52.9. The maximum Gasteiger partial charge on any atom is 0.405 e. The molecule has 0 radical (unpaired) electrons. The van der Waals surface area contributed by atoms with Crippen molar-refractivity contribution in [1.82, 2.24) is 16.0 Å². The predicted molar refractivity (Wildman–Crippen MR) is 286 cm³/mol. The Morgan fingerprint density at radius 1 is 0.493 bits per heavy atom. The number of ether oxygens (including phenoxy) is 2. The zero-order valence-corrected chi connectivity index (χ0v) is 48.2. The van der Waals surface area contributed by atoms with Crippen LogP contribution in [0, 0.1) is 0 Å². The fourth-order valence-corrected chi connectivity index (χ4v) is 9.45. The van der Waals surface area contributed by atoms with Crippen LogP contribution in [0.1, 0.15) is 251 Å². The molecule has 0 aliphatic rings. The Kier molecular flexibility index (Phi) is 40.7. The lowest BCUT2D eigenvalue weighted by Crippen LogP contribution is -2.44. The van der Waals surface area contributed by atoms with E-state index in [9.17, 15) is 33.3 Å². The van der Waals surface area contributed by atoms with Crippen LogP contribution in [0.25, 0.3) is 0 Å². The molecule has 0 bridgehead atoms. The van der Waals surface area contributed by atoms with Crippen LogP contribution in [-0.4, -0.2) is 94.6 Å². The fourth-order valence-electron chi connectivity index (χ4n) is 6.95. The van der Waals surface area contributed by atoms with Gasteiger partial charge in [-0.2, -0.15) is 0 Å². The van der Waals surface area contributed by atoms with Gasteiger partial charge in [0.25, 0.3) is 0 Å². The molecule has 0 aromatic heterocycles. The molecule has 0 saturated heterocycles. The number of hydrogen-bond acceptors (Lipinski definition) is 12. The van der Waals surface area contributed by atoms with Gasteiger partial charge in [-0.05, 0) is 134 Å². The first-order valence-corrected chi connectivity index (χ1v) is 28.6. The van der Waals surface area contributed by atoms with Crippen molar-refractivity contribution in [1.29, 1.82) is 0 Å². The molecule has 420 valence electrons. The van der Waals surface area contributed by atoms with E-state index in [1.807, 2.05) is 55.4 Å². The molecule has 0 aliphatic heterocycles. The molecule has 4 amide bonds. The van der Waals surface area contributed by atoms with Crippen LogP contribution in [0.4, 0.5) is 4.79 Å². The van der Waals surface area contributed by atoms with Gasteiger partial charge in [0.05, 0.1) is 17.4 Å². The Labute approximate surface area is 431 Å². The molecule has 17 nitrogen and oxygen atoms in total. The first kappa shape index (κ1) is 72.0. The van der Waals surface area contributed by atoms with Gasteiger partial charge in [-0.25, -0.2) is 9.59 Å². The minimum absolute atomic E-state index is 0.0587. The monoisotopic (exact) mass is 1040 g/mol. The Morgan fingerprint density at radius 2 is 0.859 bits per heavy atom. The molecular weight excluding hydrogens is 930 g/mol. The summed E-state index contributed by atoms with van der Waals surface area (Å²) < 4.78 is 35.2. The molecule has 0 spiro atoms. The number of aliphatic carboxylic acids is 1. The minimum Gasteiger partial charge on any atom is -0.480 e. The van der Waals surface area contributed by atoms with Gasteiger partial charge >= 0.3 is 25.6 Å². The van der Waals surface area contributed by atoms with Gasteiger partial charge in [0.1, 0.15) is 23.3 Å². The van der Waals surface area contributed by atoms with Gasteiger partial charge < -0.3 is 51.0 Å². The van der Waals surface area contributed by atoms with E-state index in [1.165, 1.54) is 44.9 Å². The van der Waals surface area contributed by atoms with Crippen molar-refractivity contribution in [2.75, 3.05) is 19.3 Å². The summed E-state index contributed by atoms with van der Waals surface area (Å²) in [6, 6.07) is -1.78. The predicted octanol–water partition coefficient (Wildman–Crippen LogP) is 11.5. The minimum atomic E-state index is -3.14. The van der Waals surface area contributed by atoms with Crippen molar-refractivity contribution in [3.05, 3.63) is 0 Å². The first-order chi connectivity index (χ1) is 32.8. The summed E-state index contributed by atoms with van der Waals surface area (Å²) >= 11 is 0. The molecule has 0 rings (SSSR count). The lowest BCUT2D eigenvalue weighted by atomic mass is 10.0. The van der Waals surface area contributed by atoms with E-state index in [2.05, 4.69) is 20.7 Å². The molecule has 0 aromatic carbocycles. The van der Waals surface area contributed by atoms with Crippen molar-refractivity contribution in [3.63, 3.8) is 0 Å². The van der Waals surface area contributed by atoms with Gasteiger partial charge in [0.2, 0.25) is 17.7 Å². The van der Waals surface area contributed by atoms with Crippen LogP contribution in [0.3, 0.4) is 0 Å². The number of rotatable bonds is 36. The number of primary amides is 1. The summed E-state index contributed by atoms with van der Waals surface area (Å²) in [7, 11) is -3.14. The highest BCUT2D eigenvalue weighted by Gasteiger charge is 2.34. The maximum absolute atomic E-state index is 13.3. The van der Waals surface area contributed by atoms with Gasteiger partial charge in [-0.3, -0.25) is 23.7 Å². The maximum atomic E-state index is 13.3. The fraction of sp³-hybridized carbons (Fsp3) is 0.887. The second kappa shape index (κ2) is 40.2. The Bertz CT molecular complexity index is 1480. The number of nitrogens with two attached hydrogens (primary N) is 2. The molecule has 18 heteroatoms. The van der Waals surface area contributed by atoms with Crippen LogP contribution in [-0.2, 0) is 47.1 Å². The van der Waals surface area contributed by atoms with Crippen LogP contribution < -0.4 is 27.4 Å². The second-order valence-corrected chi connectivity index (χ2v) is 24.2. The quantitative estimate of drug-likeness (QED) is 0.0194. The van der Waals surface area contributed by atoms with Crippen molar-refractivity contribution in [2.45, 2.75) is 286 Å². The summed E-state index contributed by atoms with van der Waals surface area (Å²) in [5.74, 6) is -2.06. The summed E-state index contributed by atoms with van der Waals surface area (Å²) in [6.07, 6.45) is 19.9. The largest absolute Gasteiger partial charge is 0.480 e. The number of carboxylic acid groups (broad SMARTS) is 1. The van der Waals surface area contributed by atoms with Crippen molar-refractivity contribution in [2.24, 2.45) is 11.5 Å². The van der Waals surface area contributed by atoms with E-state index in [0.717, 1.165) is 51.4 Å². The highest BCUT2D eigenvalue weighted by Crippen LogP contribution is 2.55. The zero-order valence-electron chi connectivity index (χ0n) is 47.3. The standard InChI is InChI=1S/C46H89N4O10P.C5H11NO2.C2H6/c1-44(2,3)58-43(56)38(32-33-40(52)49-34-26-22-24-30-39(51)48-35-27-25-29-37(47)42(54)55)50-41(53)31-23-20-18-16-14-12-10-11-13-15-17-19-21-28-36-61(57,59-45(4,5)6)60-46(7,8)9;1-5(2,3)8-4(6)7;1-2/h37-38H,10-36,47H2,1-9H3,(H,48,51)(H,49,52)(H,50,53)(H,54,55);1-3H3,(H2,6,7);1-2H3. The molecule has 71 heavy (non-hydrogen) atoms. The first-order valence-electron chi connectivity index (χ1n) is 26.9. The molecule has 2 atom stereocenters. The number of esters is 1. The van der Waals surface area contributed by atoms with Crippen molar-refractivity contribution in [3.8, 4) is 0 Å². The molecule has 8 N–H and O–H groups in total. The molecule has 0 fully saturated rings. The topological polar surface area (TPSA) is 265 Å². The van der Waals surface area contributed by atoms with Gasteiger partial charge in [0.15, 0.2) is 0 Å². The van der Waals surface area contributed by atoms with Gasteiger partial charge in [0, 0.05) is 32.4 Å². The number of nitrogens with one attached hydrogen (secondary N) is 3. The zero-order chi connectivity index (χ0) is 55.2. The summed E-state index contributed by atoms with van der Waals surface area (Å²) in [5, 5.41) is 17.3. The lowest BCUT2D eigenvalue weighted by molar-refractivity contribution is -0.159. The number of carbonyl (C=O) groups excluding carboxylic acids is 5. The highest BCUT2D eigenvalue weighted by atomic mass is 31.2. The highest BCUT2D eigenvalue weighted by molar-refractivity contribution is 7.53. The van der Waals surface area contributed by atoms with Gasteiger partial charge in [-0.15, -0.1) is 0 Å². The molecule has 0 saturated carbocycles. The molecule has 0 aromatic rings. The SMILES string of the molecule is CC.CC(C)(C)OC(=O)C(CCC(=O)NCCCCCC(=O)NCCCCC(N)C(=O)O)NC(=O)CCCCCCCCCCCCCCCCP(=O)(OC(C)(C)C)OC(C)(C)C.CC(C)(C)OC(N)=O. The second-order valence-electron chi connectivity index (χ2n) is 22.1. The van der Waals surface area contributed by atoms with E-state index >= 15 is 0 Å². The number of carboxylic acids is 1. The average molecular weight is 1040 g/mol. The van der Waals surface area contributed by atoms with Crippen LogP contribution >= 0.6 is 7.60 Å². The normalized spacial score (nSPS) is 12.8. The molecular formula is C53H106N5O12P. The average Bonchev–Trinajstić information content (AvgIpc) is 3.21. The van der Waals surface area contributed by atoms with Gasteiger partial charge in [-0.1, -0.05) is 97.3 Å². The Balaban J connectivity index is -0.00000417. The summed E-state index contributed by atoms with van der Waals surface area (Å²) in [5.41, 5.74) is 7.99. The van der Waals surface area contributed by atoms with Crippen molar-refractivity contribution < 1.29 is 57.0 Å². The van der Waals surface area contributed by atoms with E-state index in [1.54, 1.807) is 41.5 Å². The molecule has 0 heterocycles. The molecule has 2 unspecified atom stereocenters. The number of amides is 4. The van der Waals surface area contributed by atoms with Crippen molar-refractivity contribution >= 4 is 43.3 Å². The Morgan fingerprint density at radius 3 is 1.24 bits per heavy atom. The van der Waals surface area contributed by atoms with Crippen LogP contribution in [0.5, 0.6) is 0 Å². The lowest BCUT2D eigenvalue weighted by Gasteiger charge is -2.32.